The molecule has 1 unspecified atom stereocenters. The van der Waals surface area contributed by atoms with Crippen molar-refractivity contribution in [3.63, 3.8) is 0 Å². The van der Waals surface area contributed by atoms with Crippen LogP contribution in [0.1, 0.15) is 16.7 Å². The molecule has 0 amide bonds. The molecule has 0 saturated carbocycles. The summed E-state index contributed by atoms with van der Waals surface area (Å²) in [4.78, 5) is 0. The molecule has 0 aliphatic heterocycles. The van der Waals surface area contributed by atoms with E-state index in [-0.39, 0.29) is 11.9 Å². The molecule has 0 radical (unpaired) electrons. The molecule has 3 heteroatoms. The average Bonchev–Trinajstić information content (AvgIpc) is 2.42. The third kappa shape index (κ3) is 4.06. The van der Waals surface area contributed by atoms with E-state index in [9.17, 15) is 4.39 Å². The summed E-state index contributed by atoms with van der Waals surface area (Å²) in [5, 5.41) is 4.05. The van der Waals surface area contributed by atoms with Gasteiger partial charge < -0.3 is 5.32 Å². The Morgan fingerprint density at radius 1 is 1.15 bits per heavy atom. The van der Waals surface area contributed by atoms with Gasteiger partial charge in [-0.25, -0.2) is 4.39 Å². The molecular weight excluding hydrogens is 273 g/mol. The Labute approximate surface area is 124 Å². The summed E-state index contributed by atoms with van der Waals surface area (Å²) in [5.41, 5.74) is 3.36. The number of hydrogen-bond acceptors (Lipinski definition) is 1. The quantitative estimate of drug-likeness (QED) is 0.872. The minimum Gasteiger partial charge on any atom is -0.316 e. The molecule has 0 aliphatic rings. The zero-order chi connectivity index (χ0) is 14.5. The van der Waals surface area contributed by atoms with E-state index in [0.29, 0.717) is 0 Å². The Morgan fingerprint density at radius 3 is 2.65 bits per heavy atom. The molecule has 106 valence electrons. The van der Waals surface area contributed by atoms with Crippen molar-refractivity contribution in [3.8, 4) is 0 Å². The van der Waals surface area contributed by atoms with Crippen LogP contribution in [0.3, 0.4) is 0 Å². The minimum absolute atomic E-state index is 0.178. The molecule has 1 nitrogen and oxygen atoms in total. The number of halogens is 2. The van der Waals surface area contributed by atoms with Crippen LogP contribution in [0.25, 0.3) is 0 Å². The van der Waals surface area contributed by atoms with Crippen molar-refractivity contribution in [2.24, 2.45) is 0 Å². The van der Waals surface area contributed by atoms with E-state index in [1.807, 2.05) is 38.2 Å². The fraction of sp³-hybridized carbons (Fsp3) is 0.294. The molecule has 0 aromatic heterocycles. The van der Waals surface area contributed by atoms with Gasteiger partial charge >= 0.3 is 0 Å². The third-order valence-electron chi connectivity index (χ3n) is 3.56. The van der Waals surface area contributed by atoms with Crippen molar-refractivity contribution < 1.29 is 4.39 Å². The third-order valence-corrected chi connectivity index (χ3v) is 3.79. The smallest absolute Gasteiger partial charge is 0.123 e. The largest absolute Gasteiger partial charge is 0.316 e. The first-order valence-corrected chi connectivity index (χ1v) is 7.13. The highest BCUT2D eigenvalue weighted by atomic mass is 35.5. The van der Waals surface area contributed by atoms with Gasteiger partial charge in [0.15, 0.2) is 0 Å². The first-order chi connectivity index (χ1) is 9.58. The molecule has 2 aromatic rings. The molecule has 2 rings (SSSR count). The predicted octanol–water partition coefficient (Wildman–Crippen LogP) is 4.16. The van der Waals surface area contributed by atoms with Crippen LogP contribution in [0.5, 0.6) is 0 Å². The van der Waals surface area contributed by atoms with Crippen molar-refractivity contribution in [1.29, 1.82) is 0 Å². The number of hydrogen-bond donors (Lipinski definition) is 1. The fourth-order valence-corrected chi connectivity index (χ4v) is 2.56. The van der Waals surface area contributed by atoms with Gasteiger partial charge in [0, 0.05) is 11.1 Å². The normalized spacial score (nSPS) is 12.4. The van der Waals surface area contributed by atoms with Gasteiger partial charge in [0.2, 0.25) is 0 Å². The summed E-state index contributed by atoms with van der Waals surface area (Å²) in [5.74, 6) is -0.178. The van der Waals surface area contributed by atoms with Gasteiger partial charge in [-0.05, 0) is 67.8 Å². The Balaban J connectivity index is 2.11. The molecule has 0 bridgehead atoms. The SMILES string of the molecule is CNC(Cc1cccc(Cl)c1)Cc1cc(F)ccc1C. The summed E-state index contributed by atoms with van der Waals surface area (Å²) >= 11 is 6.01. The number of nitrogens with one attached hydrogen (secondary N) is 1. The van der Waals surface area contributed by atoms with Gasteiger partial charge in [0.1, 0.15) is 5.82 Å². The van der Waals surface area contributed by atoms with Crippen LogP contribution >= 0.6 is 11.6 Å². The van der Waals surface area contributed by atoms with Crippen LogP contribution in [0.15, 0.2) is 42.5 Å². The minimum atomic E-state index is -0.178. The highest BCUT2D eigenvalue weighted by molar-refractivity contribution is 6.30. The van der Waals surface area contributed by atoms with Crippen molar-refractivity contribution in [3.05, 3.63) is 70.0 Å². The zero-order valence-electron chi connectivity index (χ0n) is 11.8. The monoisotopic (exact) mass is 291 g/mol. The lowest BCUT2D eigenvalue weighted by Gasteiger charge is -2.18. The van der Waals surface area contributed by atoms with Gasteiger partial charge in [0.25, 0.3) is 0 Å². The summed E-state index contributed by atoms with van der Waals surface area (Å²) in [6.45, 7) is 2.01. The van der Waals surface area contributed by atoms with Crippen molar-refractivity contribution in [2.45, 2.75) is 25.8 Å². The van der Waals surface area contributed by atoms with Gasteiger partial charge in [-0.1, -0.05) is 29.8 Å². The second-order valence-electron chi connectivity index (χ2n) is 5.09. The van der Waals surface area contributed by atoms with E-state index in [1.165, 1.54) is 11.6 Å². The first-order valence-electron chi connectivity index (χ1n) is 6.75. The van der Waals surface area contributed by atoms with Gasteiger partial charge in [-0.2, -0.15) is 0 Å². The standard InChI is InChI=1S/C17H19ClFN/c1-12-6-7-16(19)10-14(12)11-17(20-2)9-13-4-3-5-15(18)8-13/h3-8,10,17,20H,9,11H2,1-2H3. The van der Waals surface area contributed by atoms with Gasteiger partial charge in [-0.3, -0.25) is 0 Å². The van der Waals surface area contributed by atoms with Crippen LogP contribution in [0.2, 0.25) is 5.02 Å². The topological polar surface area (TPSA) is 12.0 Å². The molecular formula is C17H19ClFN. The molecule has 0 saturated heterocycles. The maximum atomic E-state index is 13.3. The van der Waals surface area contributed by atoms with Gasteiger partial charge in [0.05, 0.1) is 0 Å². The molecule has 20 heavy (non-hydrogen) atoms. The second-order valence-corrected chi connectivity index (χ2v) is 5.53. The Hall–Kier alpha value is -1.38. The summed E-state index contributed by atoms with van der Waals surface area (Å²) in [6, 6.07) is 13.1. The molecule has 0 fully saturated rings. The van der Waals surface area contributed by atoms with Gasteiger partial charge in [-0.15, -0.1) is 0 Å². The summed E-state index contributed by atoms with van der Waals surface area (Å²) in [6.07, 6.45) is 1.67. The maximum Gasteiger partial charge on any atom is 0.123 e. The lowest BCUT2D eigenvalue weighted by Crippen LogP contribution is -2.30. The average molecular weight is 292 g/mol. The van der Waals surface area contributed by atoms with Crippen LogP contribution in [0, 0.1) is 12.7 Å². The number of rotatable bonds is 5. The van der Waals surface area contributed by atoms with Crippen LogP contribution in [0.4, 0.5) is 4.39 Å². The molecule has 0 heterocycles. The first kappa shape index (κ1) is 15.0. The second kappa shape index (κ2) is 6.87. The number of aryl methyl sites for hydroxylation is 1. The molecule has 1 N–H and O–H groups in total. The van der Waals surface area contributed by atoms with E-state index in [1.54, 1.807) is 6.07 Å². The van der Waals surface area contributed by atoms with Crippen molar-refractivity contribution in [1.82, 2.24) is 5.32 Å². The maximum absolute atomic E-state index is 13.3. The fourth-order valence-electron chi connectivity index (χ4n) is 2.35. The molecule has 2 aromatic carbocycles. The number of benzene rings is 2. The van der Waals surface area contributed by atoms with E-state index < -0.39 is 0 Å². The molecule has 1 atom stereocenters. The van der Waals surface area contributed by atoms with E-state index >= 15 is 0 Å². The predicted molar refractivity (Wildman–Crippen MR) is 82.8 cm³/mol. The Morgan fingerprint density at radius 2 is 1.95 bits per heavy atom. The highest BCUT2D eigenvalue weighted by Gasteiger charge is 2.11. The highest BCUT2D eigenvalue weighted by Crippen LogP contribution is 2.16. The molecule has 0 aliphatic carbocycles. The molecule has 0 spiro atoms. The van der Waals surface area contributed by atoms with Crippen molar-refractivity contribution >= 4 is 11.6 Å². The van der Waals surface area contributed by atoms with E-state index in [2.05, 4.69) is 11.4 Å². The number of likely N-dealkylation sites (N-methyl/N-ethyl adjacent to an activating group) is 1. The van der Waals surface area contributed by atoms with E-state index in [4.69, 9.17) is 11.6 Å². The Bertz CT molecular complexity index is 583. The lowest BCUT2D eigenvalue weighted by molar-refractivity contribution is 0.551. The Kier molecular flexibility index (Phi) is 5.16. The lowest BCUT2D eigenvalue weighted by atomic mass is 9.96. The van der Waals surface area contributed by atoms with Crippen LogP contribution < -0.4 is 5.32 Å². The van der Waals surface area contributed by atoms with Crippen LogP contribution in [-0.4, -0.2) is 13.1 Å². The summed E-state index contributed by atoms with van der Waals surface area (Å²) in [7, 11) is 1.93. The van der Waals surface area contributed by atoms with E-state index in [0.717, 1.165) is 29.0 Å². The zero-order valence-corrected chi connectivity index (χ0v) is 12.5. The summed E-state index contributed by atoms with van der Waals surface area (Å²) < 4.78 is 13.3. The van der Waals surface area contributed by atoms with Crippen LogP contribution in [-0.2, 0) is 12.8 Å². The van der Waals surface area contributed by atoms with Crippen molar-refractivity contribution in [2.75, 3.05) is 7.05 Å².